The molecule has 2 amide bonds. The number of carbonyl (C=O) groups is 2. The van der Waals surface area contributed by atoms with Crippen LogP contribution in [0.3, 0.4) is 0 Å². The summed E-state index contributed by atoms with van der Waals surface area (Å²) >= 11 is 1.75. The Balaban J connectivity index is 2.13. The van der Waals surface area contributed by atoms with E-state index in [0.717, 1.165) is 18.6 Å². The fourth-order valence-corrected chi connectivity index (χ4v) is 2.24. The van der Waals surface area contributed by atoms with Crippen molar-refractivity contribution in [2.24, 2.45) is 0 Å². The Morgan fingerprint density at radius 3 is 2.85 bits per heavy atom. The number of urea groups is 1. The maximum Gasteiger partial charge on any atom is 0.316 e. The molecule has 1 rings (SSSR count). The molecule has 0 aromatic heterocycles. The molecule has 4 nitrogen and oxygen atoms in total. The molecular weight excluding hydrogens is 188 g/mol. The Kier molecular flexibility index (Phi) is 4.08. The Morgan fingerprint density at radius 1 is 1.54 bits per heavy atom. The van der Waals surface area contributed by atoms with Gasteiger partial charge in [0.25, 0.3) is 0 Å². The minimum Gasteiger partial charge on any atom is -0.331 e. The second kappa shape index (κ2) is 5.11. The van der Waals surface area contributed by atoms with Gasteiger partial charge in [0.15, 0.2) is 0 Å². The molecule has 13 heavy (non-hydrogen) atoms. The van der Waals surface area contributed by atoms with Gasteiger partial charge in [0.1, 0.15) is 5.78 Å². The van der Waals surface area contributed by atoms with E-state index in [0.29, 0.717) is 0 Å². The zero-order valence-electron chi connectivity index (χ0n) is 7.63. The predicted molar refractivity (Wildman–Crippen MR) is 52.7 cm³/mol. The number of amides is 2. The highest BCUT2D eigenvalue weighted by Gasteiger charge is 2.17. The predicted octanol–water partition coefficient (Wildman–Crippen LogP) is 0.728. The molecule has 2 N–H and O–H groups in total. The van der Waals surface area contributed by atoms with Gasteiger partial charge in [0.2, 0.25) is 0 Å². The van der Waals surface area contributed by atoms with Crippen LogP contribution in [0, 0.1) is 0 Å². The van der Waals surface area contributed by atoms with Gasteiger partial charge in [0, 0.05) is 0 Å². The van der Waals surface area contributed by atoms with Gasteiger partial charge in [-0.15, -0.1) is 11.8 Å². The van der Waals surface area contributed by atoms with Crippen molar-refractivity contribution in [1.82, 2.24) is 10.6 Å². The summed E-state index contributed by atoms with van der Waals surface area (Å²) < 4.78 is 0. The first kappa shape index (κ1) is 10.4. The van der Waals surface area contributed by atoms with Crippen LogP contribution in [0.1, 0.15) is 19.8 Å². The van der Waals surface area contributed by atoms with E-state index in [4.69, 9.17) is 0 Å². The lowest BCUT2D eigenvalue weighted by Gasteiger charge is -2.11. The van der Waals surface area contributed by atoms with E-state index >= 15 is 0 Å². The van der Waals surface area contributed by atoms with Crippen LogP contribution in [0.4, 0.5) is 4.79 Å². The van der Waals surface area contributed by atoms with Crippen molar-refractivity contribution in [3.8, 4) is 0 Å². The van der Waals surface area contributed by atoms with Gasteiger partial charge in [-0.25, -0.2) is 4.79 Å². The van der Waals surface area contributed by atoms with E-state index < -0.39 is 0 Å². The van der Waals surface area contributed by atoms with Crippen molar-refractivity contribution >= 4 is 23.6 Å². The number of nitrogens with one attached hydrogen (secondary N) is 2. The van der Waals surface area contributed by atoms with Crippen LogP contribution in [0.15, 0.2) is 0 Å². The van der Waals surface area contributed by atoms with Gasteiger partial charge in [0.05, 0.1) is 11.9 Å². The monoisotopic (exact) mass is 202 g/mol. The molecule has 1 aliphatic heterocycles. The Hall–Kier alpha value is -0.710. The number of ketones is 1. The third kappa shape index (κ3) is 4.17. The van der Waals surface area contributed by atoms with Gasteiger partial charge < -0.3 is 10.6 Å². The van der Waals surface area contributed by atoms with E-state index in [2.05, 4.69) is 10.6 Å². The lowest BCUT2D eigenvalue weighted by atomic mass is 10.3. The molecule has 5 heteroatoms. The van der Waals surface area contributed by atoms with Crippen molar-refractivity contribution in [2.75, 3.05) is 12.3 Å². The molecule has 74 valence electrons. The van der Waals surface area contributed by atoms with Gasteiger partial charge in [-0.05, 0) is 25.5 Å². The molecule has 0 saturated carbocycles. The summed E-state index contributed by atoms with van der Waals surface area (Å²) in [6.07, 6.45) is 2.18. The molecule has 0 aliphatic carbocycles. The van der Waals surface area contributed by atoms with Crippen LogP contribution >= 0.6 is 11.8 Å². The Morgan fingerprint density at radius 2 is 2.31 bits per heavy atom. The van der Waals surface area contributed by atoms with E-state index in [1.807, 2.05) is 0 Å². The SMILES string of the molecule is CC(=O)CNC(=O)NC1CCCS1. The topological polar surface area (TPSA) is 58.2 Å². The lowest BCUT2D eigenvalue weighted by Crippen LogP contribution is -2.41. The number of thioether (sulfide) groups is 1. The summed E-state index contributed by atoms with van der Waals surface area (Å²) in [5, 5.41) is 5.52. The van der Waals surface area contributed by atoms with Gasteiger partial charge in [-0.3, -0.25) is 4.79 Å². The fourth-order valence-electron chi connectivity index (χ4n) is 1.09. The number of rotatable bonds is 3. The molecule has 0 radical (unpaired) electrons. The summed E-state index contributed by atoms with van der Waals surface area (Å²) in [5.41, 5.74) is 0. The first-order chi connectivity index (χ1) is 6.18. The summed E-state index contributed by atoms with van der Waals surface area (Å²) in [4.78, 5) is 21.7. The van der Waals surface area contributed by atoms with Gasteiger partial charge in [-0.1, -0.05) is 0 Å². The molecule has 1 atom stereocenters. The standard InChI is InChI=1S/C8H14N2O2S/c1-6(11)5-9-8(12)10-7-3-2-4-13-7/h7H,2-5H2,1H3,(H2,9,10,12). The Labute approximate surface area is 81.8 Å². The fraction of sp³-hybridized carbons (Fsp3) is 0.750. The molecule has 0 spiro atoms. The van der Waals surface area contributed by atoms with Crippen LogP contribution in [0.2, 0.25) is 0 Å². The van der Waals surface area contributed by atoms with E-state index in [9.17, 15) is 9.59 Å². The van der Waals surface area contributed by atoms with Crippen molar-refractivity contribution in [3.05, 3.63) is 0 Å². The van der Waals surface area contributed by atoms with Crippen LogP contribution in [-0.4, -0.2) is 29.5 Å². The largest absolute Gasteiger partial charge is 0.331 e. The zero-order chi connectivity index (χ0) is 9.68. The minimum absolute atomic E-state index is 0.0331. The highest BCUT2D eigenvalue weighted by Crippen LogP contribution is 2.23. The van der Waals surface area contributed by atoms with Crippen LogP contribution in [0.5, 0.6) is 0 Å². The van der Waals surface area contributed by atoms with Crippen LogP contribution in [0.25, 0.3) is 0 Å². The number of Topliss-reactive ketones (excluding diaryl/α,β-unsaturated/α-hetero) is 1. The minimum atomic E-state index is -0.241. The maximum absolute atomic E-state index is 11.1. The molecule has 0 aromatic rings. The number of hydrogen-bond donors (Lipinski definition) is 2. The normalized spacial score (nSPS) is 21.2. The average Bonchev–Trinajstić information content (AvgIpc) is 2.53. The molecule has 0 bridgehead atoms. The Bertz CT molecular complexity index is 202. The number of carbonyl (C=O) groups excluding carboxylic acids is 2. The summed E-state index contributed by atoms with van der Waals surface area (Å²) in [5.74, 6) is 1.08. The van der Waals surface area contributed by atoms with E-state index in [1.54, 1.807) is 11.8 Å². The second-order valence-electron chi connectivity index (χ2n) is 3.03. The van der Waals surface area contributed by atoms with Crippen molar-refractivity contribution < 1.29 is 9.59 Å². The van der Waals surface area contributed by atoms with Gasteiger partial charge >= 0.3 is 6.03 Å². The van der Waals surface area contributed by atoms with Crippen molar-refractivity contribution in [1.29, 1.82) is 0 Å². The average molecular weight is 202 g/mol. The van der Waals surface area contributed by atoms with E-state index in [1.165, 1.54) is 6.92 Å². The third-order valence-corrected chi connectivity index (χ3v) is 3.00. The maximum atomic E-state index is 11.1. The quantitative estimate of drug-likeness (QED) is 0.709. The molecule has 1 saturated heterocycles. The number of hydrogen-bond acceptors (Lipinski definition) is 3. The van der Waals surface area contributed by atoms with Crippen LogP contribution < -0.4 is 10.6 Å². The van der Waals surface area contributed by atoms with Crippen molar-refractivity contribution in [2.45, 2.75) is 25.1 Å². The highest BCUT2D eigenvalue weighted by molar-refractivity contribution is 8.00. The summed E-state index contributed by atoms with van der Waals surface area (Å²) in [7, 11) is 0. The molecule has 1 aliphatic rings. The smallest absolute Gasteiger partial charge is 0.316 e. The molecule has 0 aromatic carbocycles. The molecule has 1 fully saturated rings. The van der Waals surface area contributed by atoms with Crippen molar-refractivity contribution in [3.63, 3.8) is 0 Å². The van der Waals surface area contributed by atoms with Crippen LogP contribution in [-0.2, 0) is 4.79 Å². The van der Waals surface area contributed by atoms with E-state index in [-0.39, 0.29) is 23.7 Å². The first-order valence-corrected chi connectivity index (χ1v) is 5.39. The first-order valence-electron chi connectivity index (χ1n) is 4.34. The second-order valence-corrected chi connectivity index (χ2v) is 4.34. The lowest BCUT2D eigenvalue weighted by molar-refractivity contribution is -0.116. The molecular formula is C8H14N2O2S. The zero-order valence-corrected chi connectivity index (χ0v) is 8.45. The highest BCUT2D eigenvalue weighted by atomic mass is 32.2. The van der Waals surface area contributed by atoms with Gasteiger partial charge in [-0.2, -0.15) is 0 Å². The molecule has 1 unspecified atom stereocenters. The molecule has 1 heterocycles. The summed E-state index contributed by atoms with van der Waals surface area (Å²) in [6.45, 7) is 1.56. The summed E-state index contributed by atoms with van der Waals surface area (Å²) in [6, 6.07) is -0.241. The third-order valence-electron chi connectivity index (χ3n) is 1.72.